The minimum absolute atomic E-state index is 0.0711. The van der Waals surface area contributed by atoms with Crippen LogP contribution in [0.2, 0.25) is 0 Å². The minimum Gasteiger partial charge on any atom is -0.480 e. The normalized spacial score (nSPS) is 15.4. The minimum atomic E-state index is -3.06. The van der Waals surface area contributed by atoms with Gasteiger partial charge in [0.15, 0.2) is 0 Å². The number of nitrogens with two attached hydrogens (primary N) is 1. The van der Waals surface area contributed by atoms with Gasteiger partial charge < -0.3 is 15.7 Å². The first kappa shape index (κ1) is 22.8. The van der Waals surface area contributed by atoms with E-state index in [1.807, 2.05) is 4.90 Å². The maximum absolute atomic E-state index is 11.5. The van der Waals surface area contributed by atoms with Gasteiger partial charge in [-0.15, -0.1) is 0 Å². The molecule has 2 rings (SSSR count). The summed E-state index contributed by atoms with van der Waals surface area (Å²) in [5.74, 6) is -0.955. The number of pyridine rings is 1. The van der Waals surface area contributed by atoms with Crippen molar-refractivity contribution < 1.29 is 18.3 Å². The van der Waals surface area contributed by atoms with Crippen LogP contribution < -0.4 is 5.73 Å². The van der Waals surface area contributed by atoms with Crippen LogP contribution in [0, 0.1) is 0 Å². The number of fused-ring (bicyclic) bond motifs is 1. The van der Waals surface area contributed by atoms with Crippen molar-refractivity contribution in [3.63, 3.8) is 0 Å². The molecule has 8 heteroatoms. The van der Waals surface area contributed by atoms with Crippen molar-refractivity contribution >= 4 is 15.8 Å². The third kappa shape index (κ3) is 8.24. The highest BCUT2D eigenvalue weighted by atomic mass is 32.2. The van der Waals surface area contributed by atoms with E-state index in [-0.39, 0.29) is 5.75 Å². The molecule has 0 saturated heterocycles. The predicted molar refractivity (Wildman–Crippen MR) is 110 cm³/mol. The number of aliphatic carboxylic acids is 1. The summed E-state index contributed by atoms with van der Waals surface area (Å²) in [4.78, 5) is 17.7. The zero-order valence-corrected chi connectivity index (χ0v) is 17.6. The van der Waals surface area contributed by atoms with E-state index in [2.05, 4.69) is 12.1 Å². The summed E-state index contributed by atoms with van der Waals surface area (Å²) in [6, 6.07) is 3.42. The van der Waals surface area contributed by atoms with Gasteiger partial charge in [-0.05, 0) is 69.5 Å². The largest absolute Gasteiger partial charge is 0.480 e. The van der Waals surface area contributed by atoms with E-state index in [1.54, 1.807) is 0 Å². The van der Waals surface area contributed by atoms with Gasteiger partial charge in [-0.3, -0.25) is 9.78 Å². The zero-order chi connectivity index (χ0) is 20.6. The third-order valence-corrected chi connectivity index (χ3v) is 6.17. The van der Waals surface area contributed by atoms with Crippen LogP contribution in [0.15, 0.2) is 12.1 Å². The number of hydrogen-bond acceptors (Lipinski definition) is 6. The molecule has 0 unspecified atom stereocenters. The van der Waals surface area contributed by atoms with E-state index in [9.17, 15) is 13.2 Å². The first-order valence-corrected chi connectivity index (χ1v) is 12.2. The van der Waals surface area contributed by atoms with Crippen LogP contribution in [-0.4, -0.2) is 67.1 Å². The van der Waals surface area contributed by atoms with Crippen LogP contribution in [0.4, 0.5) is 0 Å². The molecule has 1 aliphatic rings. The number of aryl methyl sites for hydroxylation is 3. The van der Waals surface area contributed by atoms with Gasteiger partial charge in [0, 0.05) is 30.7 Å². The molecule has 1 aliphatic carbocycles. The Morgan fingerprint density at radius 3 is 2.68 bits per heavy atom. The molecule has 158 valence electrons. The quantitative estimate of drug-likeness (QED) is 0.500. The molecule has 28 heavy (non-hydrogen) atoms. The first-order valence-electron chi connectivity index (χ1n) is 10.1. The number of nitrogens with zero attached hydrogens (tertiary/aromatic N) is 2. The second-order valence-electron chi connectivity index (χ2n) is 7.78. The van der Waals surface area contributed by atoms with Crippen LogP contribution in [0.25, 0.3) is 0 Å². The van der Waals surface area contributed by atoms with E-state index in [0.29, 0.717) is 19.5 Å². The average molecular weight is 412 g/mol. The zero-order valence-electron chi connectivity index (χ0n) is 16.8. The summed E-state index contributed by atoms with van der Waals surface area (Å²) < 4.78 is 22.9. The van der Waals surface area contributed by atoms with Crippen LogP contribution in [0.3, 0.4) is 0 Å². The molecule has 0 amide bonds. The second kappa shape index (κ2) is 10.9. The summed E-state index contributed by atoms with van der Waals surface area (Å²) in [7, 11) is -3.06. The molecule has 0 spiro atoms. The lowest BCUT2D eigenvalue weighted by Crippen LogP contribution is -2.37. The molecule has 1 aromatic heterocycles. The van der Waals surface area contributed by atoms with E-state index in [0.717, 1.165) is 44.3 Å². The Balaban J connectivity index is 1.79. The lowest BCUT2D eigenvalue weighted by molar-refractivity contribution is -0.138. The number of carboxylic acid groups (broad SMARTS) is 1. The Morgan fingerprint density at radius 2 is 1.96 bits per heavy atom. The monoisotopic (exact) mass is 411 g/mol. The molecule has 3 N–H and O–H groups in total. The predicted octanol–water partition coefficient (Wildman–Crippen LogP) is 1.43. The summed E-state index contributed by atoms with van der Waals surface area (Å²) in [5.41, 5.74) is 9.34. The molecule has 0 radical (unpaired) electrons. The van der Waals surface area contributed by atoms with Crippen LogP contribution in [-0.2, 0) is 33.9 Å². The fourth-order valence-corrected chi connectivity index (χ4v) is 4.07. The molecule has 0 bridgehead atoms. The van der Waals surface area contributed by atoms with Crippen molar-refractivity contribution in [1.82, 2.24) is 9.88 Å². The van der Waals surface area contributed by atoms with Crippen LogP contribution in [0.5, 0.6) is 0 Å². The van der Waals surface area contributed by atoms with Crippen molar-refractivity contribution in [3.8, 4) is 0 Å². The summed E-state index contributed by atoms with van der Waals surface area (Å²) in [5, 5.41) is 8.93. The second-order valence-corrected chi connectivity index (χ2v) is 10.0. The van der Waals surface area contributed by atoms with Gasteiger partial charge in [0.2, 0.25) is 0 Å². The standard InChI is InChI=1S/C20H33N3O4S/c1-28(26,27)15-14-23(13-11-18(21)20(24)25)12-5-4-7-17-10-9-16-6-2-3-8-19(16)22-17/h9-10,18H,2-8,11-15,21H2,1H3,(H,24,25)/t18-/m0/s1. The Labute approximate surface area is 168 Å². The number of unbranched alkanes of at least 4 members (excludes halogenated alkanes) is 1. The Morgan fingerprint density at radius 1 is 1.21 bits per heavy atom. The van der Waals surface area contributed by atoms with Gasteiger partial charge in [0.1, 0.15) is 15.9 Å². The lowest BCUT2D eigenvalue weighted by atomic mass is 9.95. The van der Waals surface area contributed by atoms with Crippen molar-refractivity contribution in [3.05, 3.63) is 29.1 Å². The smallest absolute Gasteiger partial charge is 0.320 e. The van der Waals surface area contributed by atoms with E-state index >= 15 is 0 Å². The molecule has 1 heterocycles. The average Bonchev–Trinajstić information content (AvgIpc) is 2.65. The fraction of sp³-hybridized carbons (Fsp3) is 0.700. The highest BCUT2D eigenvalue weighted by molar-refractivity contribution is 7.90. The topological polar surface area (TPSA) is 114 Å². The molecule has 0 fully saturated rings. The molecular weight excluding hydrogens is 378 g/mol. The van der Waals surface area contributed by atoms with E-state index in [1.165, 1.54) is 30.4 Å². The number of aromatic nitrogens is 1. The van der Waals surface area contributed by atoms with Crippen molar-refractivity contribution in [1.29, 1.82) is 0 Å². The van der Waals surface area contributed by atoms with Crippen molar-refractivity contribution in [2.24, 2.45) is 5.73 Å². The number of sulfone groups is 1. The molecule has 0 aliphatic heterocycles. The van der Waals surface area contributed by atoms with Gasteiger partial charge >= 0.3 is 5.97 Å². The summed E-state index contributed by atoms with van der Waals surface area (Å²) in [6.45, 7) is 1.62. The Hall–Kier alpha value is -1.51. The number of carboxylic acids is 1. The molecule has 0 aromatic carbocycles. The van der Waals surface area contributed by atoms with E-state index < -0.39 is 21.8 Å². The maximum atomic E-state index is 11.5. The lowest BCUT2D eigenvalue weighted by Gasteiger charge is -2.23. The highest BCUT2D eigenvalue weighted by Crippen LogP contribution is 2.20. The molecule has 1 atom stereocenters. The fourth-order valence-electron chi connectivity index (χ4n) is 3.48. The molecule has 7 nitrogen and oxygen atoms in total. The van der Waals surface area contributed by atoms with Gasteiger partial charge in [-0.1, -0.05) is 6.07 Å². The SMILES string of the molecule is CS(=O)(=O)CCN(CCCCc1ccc2c(n1)CCCC2)CC[C@H](N)C(=O)O. The van der Waals surface area contributed by atoms with Crippen LogP contribution in [0.1, 0.15) is 49.1 Å². The molecular formula is C20H33N3O4S. The first-order chi connectivity index (χ1) is 13.2. The van der Waals surface area contributed by atoms with Crippen LogP contribution >= 0.6 is 0 Å². The summed E-state index contributed by atoms with van der Waals surface area (Å²) in [6.07, 6.45) is 8.99. The molecule has 1 aromatic rings. The van der Waals surface area contributed by atoms with Gasteiger partial charge in [-0.2, -0.15) is 0 Å². The Bertz CT molecular complexity index is 752. The number of carbonyl (C=O) groups is 1. The van der Waals surface area contributed by atoms with E-state index in [4.69, 9.17) is 15.8 Å². The van der Waals surface area contributed by atoms with Crippen molar-refractivity contribution in [2.75, 3.05) is 31.6 Å². The highest BCUT2D eigenvalue weighted by Gasteiger charge is 2.15. The third-order valence-electron chi connectivity index (χ3n) is 5.24. The van der Waals surface area contributed by atoms with Gasteiger partial charge in [-0.25, -0.2) is 8.42 Å². The van der Waals surface area contributed by atoms with Gasteiger partial charge in [0.05, 0.1) is 5.75 Å². The number of hydrogen-bond donors (Lipinski definition) is 2. The molecule has 0 saturated carbocycles. The van der Waals surface area contributed by atoms with Gasteiger partial charge in [0.25, 0.3) is 0 Å². The Kier molecular flexibility index (Phi) is 8.85. The maximum Gasteiger partial charge on any atom is 0.320 e. The number of rotatable bonds is 12. The van der Waals surface area contributed by atoms with Crippen molar-refractivity contribution in [2.45, 2.75) is 57.4 Å². The summed E-state index contributed by atoms with van der Waals surface area (Å²) >= 11 is 0.